The van der Waals surface area contributed by atoms with E-state index in [-0.39, 0.29) is 18.0 Å². The van der Waals surface area contributed by atoms with Crippen LogP contribution in [-0.4, -0.2) is 5.78 Å². The molecule has 0 aliphatic heterocycles. The molecule has 0 spiro atoms. The van der Waals surface area contributed by atoms with Crippen molar-refractivity contribution in [3.05, 3.63) is 56.4 Å². The van der Waals surface area contributed by atoms with Crippen molar-refractivity contribution in [2.24, 2.45) is 0 Å². The Morgan fingerprint density at radius 2 is 2.19 bits per heavy atom. The highest BCUT2D eigenvalue weighted by Crippen LogP contribution is 2.21. The summed E-state index contributed by atoms with van der Waals surface area (Å²) in [6.07, 6.45) is 0.221. The van der Waals surface area contributed by atoms with Gasteiger partial charge in [0.25, 0.3) is 0 Å². The second-order valence-electron chi connectivity index (χ2n) is 3.31. The highest BCUT2D eigenvalue weighted by atomic mass is 79.9. The minimum atomic E-state index is -0.322. The summed E-state index contributed by atoms with van der Waals surface area (Å²) in [4.78, 5) is 12.5. The van der Waals surface area contributed by atoms with Crippen molar-refractivity contribution in [2.45, 2.75) is 6.42 Å². The van der Waals surface area contributed by atoms with Gasteiger partial charge >= 0.3 is 0 Å². The first-order chi connectivity index (χ1) is 7.66. The van der Waals surface area contributed by atoms with Crippen LogP contribution in [0.5, 0.6) is 0 Å². The molecule has 1 aromatic heterocycles. The Bertz CT molecular complexity index is 508. The van der Waals surface area contributed by atoms with Crippen LogP contribution < -0.4 is 0 Å². The molecule has 1 aromatic carbocycles. The van der Waals surface area contributed by atoms with Gasteiger partial charge < -0.3 is 0 Å². The number of benzene rings is 1. The lowest BCUT2D eigenvalue weighted by molar-refractivity contribution is 0.0996. The molecule has 0 aliphatic rings. The first-order valence-electron chi connectivity index (χ1n) is 4.67. The predicted molar refractivity (Wildman–Crippen MR) is 66.5 cm³/mol. The fourth-order valence-electron chi connectivity index (χ4n) is 1.38. The molecule has 0 saturated carbocycles. The maximum Gasteiger partial charge on any atom is 0.177 e. The van der Waals surface area contributed by atoms with Gasteiger partial charge in [-0.3, -0.25) is 4.79 Å². The van der Waals surface area contributed by atoms with Crippen LogP contribution in [0.4, 0.5) is 4.39 Å². The molecular formula is C12H8BrFOS. The molecule has 0 fully saturated rings. The summed E-state index contributed by atoms with van der Waals surface area (Å²) >= 11 is 4.71. The molecule has 0 bridgehead atoms. The predicted octanol–water partition coefficient (Wildman–Crippen LogP) is 4.08. The number of carbonyl (C=O) groups is 1. The Morgan fingerprint density at radius 1 is 1.38 bits per heavy atom. The highest BCUT2D eigenvalue weighted by molar-refractivity contribution is 9.10. The Kier molecular flexibility index (Phi) is 3.51. The van der Waals surface area contributed by atoms with E-state index in [2.05, 4.69) is 15.9 Å². The monoisotopic (exact) mass is 298 g/mol. The van der Waals surface area contributed by atoms with Crippen molar-refractivity contribution < 1.29 is 9.18 Å². The number of halogens is 2. The van der Waals surface area contributed by atoms with E-state index in [1.807, 2.05) is 11.4 Å². The number of Topliss-reactive ketones (excluding diaryl/α,β-unsaturated/α-hetero) is 1. The number of rotatable bonds is 3. The molecule has 0 N–H and O–H groups in total. The van der Waals surface area contributed by atoms with E-state index < -0.39 is 0 Å². The average Bonchev–Trinajstić information content (AvgIpc) is 2.76. The summed E-state index contributed by atoms with van der Waals surface area (Å²) in [5, 5.41) is 1.86. The fraction of sp³-hybridized carbons (Fsp3) is 0.0833. The second kappa shape index (κ2) is 4.89. The average molecular weight is 299 g/mol. The van der Waals surface area contributed by atoms with Gasteiger partial charge in [0, 0.05) is 10.9 Å². The summed E-state index contributed by atoms with van der Waals surface area (Å²) in [5.41, 5.74) is 0.679. The van der Waals surface area contributed by atoms with Crippen molar-refractivity contribution >= 4 is 33.0 Å². The first kappa shape index (κ1) is 11.5. The van der Waals surface area contributed by atoms with Gasteiger partial charge in [0.15, 0.2) is 5.78 Å². The van der Waals surface area contributed by atoms with Gasteiger partial charge in [-0.2, -0.15) is 0 Å². The normalized spacial score (nSPS) is 10.4. The van der Waals surface area contributed by atoms with Crippen LogP contribution in [0.2, 0.25) is 0 Å². The molecular weight excluding hydrogens is 291 g/mol. The Hall–Kier alpha value is -1.00. The lowest BCUT2D eigenvalue weighted by atomic mass is 10.1. The number of hydrogen-bond acceptors (Lipinski definition) is 2. The molecule has 16 heavy (non-hydrogen) atoms. The maximum absolute atomic E-state index is 13.0. The van der Waals surface area contributed by atoms with Crippen molar-refractivity contribution in [3.63, 3.8) is 0 Å². The van der Waals surface area contributed by atoms with Crippen LogP contribution in [0.25, 0.3) is 0 Å². The van der Waals surface area contributed by atoms with Gasteiger partial charge in [-0.05, 0) is 35.2 Å². The van der Waals surface area contributed by atoms with Crippen LogP contribution in [0.15, 0.2) is 40.2 Å². The van der Waals surface area contributed by atoms with Gasteiger partial charge in [0.1, 0.15) is 5.82 Å². The molecule has 0 amide bonds. The van der Waals surface area contributed by atoms with Crippen molar-refractivity contribution in [1.82, 2.24) is 0 Å². The summed E-state index contributed by atoms with van der Waals surface area (Å²) in [6.45, 7) is 0. The van der Waals surface area contributed by atoms with E-state index in [9.17, 15) is 9.18 Å². The first-order valence-corrected chi connectivity index (χ1v) is 6.35. The SMILES string of the molecule is O=C(Cc1cc(F)ccc1Br)c1cccs1. The van der Waals surface area contributed by atoms with E-state index in [1.165, 1.54) is 23.5 Å². The molecule has 0 aliphatic carbocycles. The molecule has 1 nitrogen and oxygen atoms in total. The lowest BCUT2D eigenvalue weighted by Crippen LogP contribution is -2.02. The third-order valence-corrected chi connectivity index (χ3v) is 3.84. The van der Waals surface area contributed by atoms with E-state index in [1.54, 1.807) is 12.1 Å². The number of hydrogen-bond donors (Lipinski definition) is 0. The highest BCUT2D eigenvalue weighted by Gasteiger charge is 2.10. The standard InChI is InChI=1S/C12H8BrFOS/c13-10-4-3-9(14)6-8(10)7-11(15)12-2-1-5-16-12/h1-6H,7H2. The molecule has 0 unspecified atom stereocenters. The maximum atomic E-state index is 13.0. The molecule has 2 rings (SSSR count). The molecule has 82 valence electrons. The zero-order chi connectivity index (χ0) is 11.5. The second-order valence-corrected chi connectivity index (χ2v) is 5.12. The number of ketones is 1. The van der Waals surface area contributed by atoms with Crippen LogP contribution in [-0.2, 0) is 6.42 Å². The van der Waals surface area contributed by atoms with Gasteiger partial charge in [0.2, 0.25) is 0 Å². The van der Waals surface area contributed by atoms with E-state index in [0.29, 0.717) is 10.4 Å². The third-order valence-electron chi connectivity index (χ3n) is 2.15. The molecule has 0 atom stereocenters. The molecule has 2 aromatic rings. The summed E-state index contributed by atoms with van der Waals surface area (Å²) in [5.74, 6) is -0.307. The van der Waals surface area contributed by atoms with Crippen molar-refractivity contribution in [2.75, 3.05) is 0 Å². The zero-order valence-electron chi connectivity index (χ0n) is 8.24. The van der Waals surface area contributed by atoms with Gasteiger partial charge in [-0.25, -0.2) is 4.39 Å². The lowest BCUT2D eigenvalue weighted by Gasteiger charge is -2.02. The summed E-state index contributed by atoms with van der Waals surface area (Å²) in [7, 11) is 0. The fourth-order valence-corrected chi connectivity index (χ4v) is 2.43. The Morgan fingerprint density at radius 3 is 2.88 bits per heavy atom. The van der Waals surface area contributed by atoms with Gasteiger partial charge in [-0.15, -0.1) is 11.3 Å². The van der Waals surface area contributed by atoms with Gasteiger partial charge in [-0.1, -0.05) is 22.0 Å². The molecule has 0 saturated heterocycles. The molecule has 0 radical (unpaired) electrons. The number of thiophene rings is 1. The summed E-state index contributed by atoms with van der Waals surface area (Å²) < 4.78 is 13.8. The van der Waals surface area contributed by atoms with Gasteiger partial charge in [0.05, 0.1) is 4.88 Å². The Labute approximate surface area is 105 Å². The minimum Gasteiger partial charge on any atom is -0.293 e. The van der Waals surface area contributed by atoms with Crippen LogP contribution in [0.1, 0.15) is 15.2 Å². The van der Waals surface area contributed by atoms with E-state index >= 15 is 0 Å². The van der Waals surface area contributed by atoms with Crippen molar-refractivity contribution in [1.29, 1.82) is 0 Å². The van der Waals surface area contributed by atoms with Crippen LogP contribution in [0.3, 0.4) is 0 Å². The van der Waals surface area contributed by atoms with Crippen LogP contribution >= 0.6 is 27.3 Å². The van der Waals surface area contributed by atoms with E-state index in [0.717, 1.165) is 4.47 Å². The largest absolute Gasteiger partial charge is 0.293 e. The Balaban J connectivity index is 2.21. The quantitative estimate of drug-likeness (QED) is 0.781. The molecule has 4 heteroatoms. The smallest absolute Gasteiger partial charge is 0.177 e. The minimum absolute atomic E-state index is 0.0151. The zero-order valence-corrected chi connectivity index (χ0v) is 10.6. The summed E-state index contributed by atoms with van der Waals surface area (Å²) in [6, 6.07) is 7.98. The van der Waals surface area contributed by atoms with Crippen molar-refractivity contribution in [3.8, 4) is 0 Å². The topological polar surface area (TPSA) is 17.1 Å². The third kappa shape index (κ3) is 2.57. The number of carbonyl (C=O) groups excluding carboxylic acids is 1. The van der Waals surface area contributed by atoms with Crippen LogP contribution in [0, 0.1) is 5.82 Å². The van der Waals surface area contributed by atoms with E-state index in [4.69, 9.17) is 0 Å². The molecule has 1 heterocycles.